The monoisotopic (exact) mass is 752 g/mol. The smallest absolute Gasteiger partial charge is 0.422 e. The van der Waals surface area contributed by atoms with E-state index >= 15 is 0 Å². The summed E-state index contributed by atoms with van der Waals surface area (Å²) in [7, 11) is 0. The van der Waals surface area contributed by atoms with Gasteiger partial charge in [-0.15, -0.1) is 0 Å². The van der Waals surface area contributed by atoms with Crippen molar-refractivity contribution < 1.29 is 41.4 Å². The van der Waals surface area contributed by atoms with E-state index in [9.17, 15) is 31.9 Å². The minimum Gasteiger partial charge on any atom is -0.485 e. The van der Waals surface area contributed by atoms with Gasteiger partial charge in [0.25, 0.3) is 11.8 Å². The summed E-state index contributed by atoms with van der Waals surface area (Å²) in [4.78, 5) is 42.5. The number of rotatable bonds is 9. The van der Waals surface area contributed by atoms with Crippen LogP contribution in [0.1, 0.15) is 32.1 Å². The lowest BCUT2D eigenvalue weighted by molar-refractivity contribution is -0.153. The maximum atomic E-state index is 15.0. The normalized spacial score (nSPS) is 14.7. The maximum absolute atomic E-state index is 15.0. The molecule has 16 heteroatoms. The van der Waals surface area contributed by atoms with E-state index in [4.69, 9.17) is 25.8 Å². The Bertz CT molecular complexity index is 1930. The molecule has 48 heavy (non-hydrogen) atoms. The summed E-state index contributed by atoms with van der Waals surface area (Å²) in [5.41, 5.74) is 0.0942. The molecule has 1 aromatic heterocycles. The average molecular weight is 754 g/mol. The Labute approximate surface area is 283 Å². The van der Waals surface area contributed by atoms with Gasteiger partial charge in [0.2, 0.25) is 0 Å². The molecule has 0 spiro atoms. The number of amides is 2. The second-order valence-corrected chi connectivity index (χ2v) is 12.3. The van der Waals surface area contributed by atoms with Crippen LogP contribution in [0.5, 0.6) is 11.5 Å². The van der Waals surface area contributed by atoms with Crippen molar-refractivity contribution in [3.05, 3.63) is 109 Å². The van der Waals surface area contributed by atoms with Gasteiger partial charge in [-0.1, -0.05) is 17.7 Å². The quantitative estimate of drug-likeness (QED) is 0.227. The summed E-state index contributed by atoms with van der Waals surface area (Å²) in [6.07, 6.45) is -4.71. The van der Waals surface area contributed by atoms with Crippen LogP contribution in [0.4, 0.5) is 17.6 Å². The lowest BCUT2D eigenvalue weighted by atomic mass is 10.1. The van der Waals surface area contributed by atoms with E-state index in [0.29, 0.717) is 34.0 Å². The molecule has 6 rings (SSSR count). The van der Waals surface area contributed by atoms with Gasteiger partial charge in [-0.25, -0.2) is 9.18 Å². The second kappa shape index (κ2) is 13.6. The predicted molar refractivity (Wildman–Crippen MR) is 168 cm³/mol. The number of imidazole rings is 1. The average Bonchev–Trinajstić information content (AvgIpc) is 3.33. The minimum atomic E-state index is -4.55. The molecule has 3 aromatic carbocycles. The van der Waals surface area contributed by atoms with Crippen LogP contribution in [0.25, 0.3) is 5.69 Å². The standard InChI is InChI=1S/C32H26BrClF4N4O6/c33-24-8-2-18(11-25(24)34)30(44)40-9-10-41-27(14-40)28(42(31(41)45)20-3-6-21(7-4-20)47-17-32(36,37)38)29(43)39-13-19-1-5-22(12-26(19)35)48-23-15-46-16-23/h1-8,11-12,23H,9-10,13-17H2,(H,39,43). The molecule has 1 saturated heterocycles. The van der Waals surface area contributed by atoms with Gasteiger partial charge in [-0.05, 0) is 64.5 Å². The van der Waals surface area contributed by atoms with Crippen molar-refractivity contribution in [3.8, 4) is 17.2 Å². The highest BCUT2D eigenvalue weighted by Gasteiger charge is 2.33. The molecule has 2 aliphatic heterocycles. The Morgan fingerprint density at radius 3 is 2.40 bits per heavy atom. The molecule has 0 bridgehead atoms. The van der Waals surface area contributed by atoms with Crippen molar-refractivity contribution in [2.75, 3.05) is 26.4 Å². The number of hydrogen-bond donors (Lipinski definition) is 1. The van der Waals surface area contributed by atoms with Crippen LogP contribution in [0.3, 0.4) is 0 Å². The van der Waals surface area contributed by atoms with Gasteiger partial charge in [-0.3, -0.25) is 18.7 Å². The molecule has 0 aliphatic carbocycles. The zero-order chi connectivity index (χ0) is 34.2. The topological polar surface area (TPSA) is 104 Å². The highest BCUT2D eigenvalue weighted by atomic mass is 79.9. The Morgan fingerprint density at radius 2 is 1.75 bits per heavy atom. The zero-order valence-corrected chi connectivity index (χ0v) is 27.2. The summed E-state index contributed by atoms with van der Waals surface area (Å²) < 4.78 is 71.5. The Hall–Kier alpha value is -4.34. The highest BCUT2D eigenvalue weighted by Crippen LogP contribution is 2.27. The van der Waals surface area contributed by atoms with Gasteiger partial charge in [0, 0.05) is 41.3 Å². The van der Waals surface area contributed by atoms with Crippen molar-refractivity contribution in [2.45, 2.75) is 31.9 Å². The van der Waals surface area contributed by atoms with E-state index in [1.807, 2.05) is 0 Å². The lowest BCUT2D eigenvalue weighted by Gasteiger charge is -2.28. The SMILES string of the molecule is O=C(NCc1ccc(OC2COC2)cc1F)c1c2n(c(=O)n1-c1ccc(OCC(F)(F)F)cc1)CCN(C(=O)c1ccc(Br)c(Cl)c1)C2. The molecule has 2 amide bonds. The number of carbonyl (C=O) groups is 2. The lowest BCUT2D eigenvalue weighted by Crippen LogP contribution is -2.41. The van der Waals surface area contributed by atoms with Crippen LogP contribution < -0.4 is 20.5 Å². The first-order valence-electron chi connectivity index (χ1n) is 14.6. The van der Waals surface area contributed by atoms with Crippen LogP contribution in [0.2, 0.25) is 5.02 Å². The van der Waals surface area contributed by atoms with Gasteiger partial charge in [-0.2, -0.15) is 13.2 Å². The maximum Gasteiger partial charge on any atom is 0.422 e. The number of carbonyl (C=O) groups excluding carboxylic acids is 2. The third kappa shape index (κ3) is 7.22. The van der Waals surface area contributed by atoms with Crippen LogP contribution in [0, 0.1) is 5.82 Å². The summed E-state index contributed by atoms with van der Waals surface area (Å²) in [5, 5.41) is 2.99. The number of nitrogens with one attached hydrogen (secondary N) is 1. The number of benzene rings is 3. The molecular weight excluding hydrogens is 728 g/mol. The van der Waals surface area contributed by atoms with E-state index in [0.717, 1.165) is 4.57 Å². The minimum absolute atomic E-state index is 0.0480. The molecule has 3 heterocycles. The fourth-order valence-electron chi connectivity index (χ4n) is 5.25. The van der Waals surface area contributed by atoms with Crippen LogP contribution in [-0.2, 0) is 24.4 Å². The molecule has 2 aliphatic rings. The van der Waals surface area contributed by atoms with E-state index in [-0.39, 0.29) is 66.6 Å². The fourth-order valence-corrected chi connectivity index (χ4v) is 5.68. The van der Waals surface area contributed by atoms with Crippen LogP contribution in [0.15, 0.2) is 69.9 Å². The van der Waals surface area contributed by atoms with E-state index in [2.05, 4.69) is 21.2 Å². The van der Waals surface area contributed by atoms with Crippen LogP contribution in [-0.4, -0.2) is 64.5 Å². The largest absolute Gasteiger partial charge is 0.485 e. The molecule has 4 aromatic rings. The number of fused-ring (bicyclic) bond motifs is 1. The number of ether oxygens (including phenoxy) is 3. The highest BCUT2D eigenvalue weighted by molar-refractivity contribution is 9.10. The molecule has 0 saturated carbocycles. The molecule has 0 atom stereocenters. The molecule has 10 nitrogen and oxygen atoms in total. The number of hydrogen-bond acceptors (Lipinski definition) is 6. The molecule has 1 fully saturated rings. The van der Waals surface area contributed by atoms with Gasteiger partial charge in [0.1, 0.15) is 29.1 Å². The van der Waals surface area contributed by atoms with Crippen molar-refractivity contribution in [1.82, 2.24) is 19.4 Å². The summed E-state index contributed by atoms with van der Waals surface area (Å²) >= 11 is 9.50. The van der Waals surface area contributed by atoms with Gasteiger partial charge < -0.3 is 24.4 Å². The van der Waals surface area contributed by atoms with Gasteiger partial charge in [0.05, 0.1) is 36.2 Å². The second-order valence-electron chi connectivity index (χ2n) is 11.0. The first-order valence-corrected chi connectivity index (χ1v) is 15.7. The summed E-state index contributed by atoms with van der Waals surface area (Å²) in [6.45, 7) is -0.880. The number of halogens is 6. The predicted octanol–water partition coefficient (Wildman–Crippen LogP) is 5.50. The van der Waals surface area contributed by atoms with Gasteiger partial charge in [0.15, 0.2) is 6.61 Å². The number of alkyl halides is 3. The summed E-state index contributed by atoms with van der Waals surface area (Å²) in [6, 6.07) is 14.1. The van der Waals surface area contributed by atoms with E-state index < -0.39 is 30.2 Å². The Kier molecular flexibility index (Phi) is 9.54. The zero-order valence-electron chi connectivity index (χ0n) is 24.9. The van der Waals surface area contributed by atoms with Crippen molar-refractivity contribution in [3.63, 3.8) is 0 Å². The Balaban J connectivity index is 1.30. The fraction of sp³-hybridized carbons (Fsp3) is 0.281. The molecule has 1 N–H and O–H groups in total. The molecule has 0 radical (unpaired) electrons. The van der Waals surface area contributed by atoms with Crippen molar-refractivity contribution in [1.29, 1.82) is 0 Å². The van der Waals surface area contributed by atoms with E-state index in [1.165, 1.54) is 51.9 Å². The van der Waals surface area contributed by atoms with Crippen molar-refractivity contribution in [2.24, 2.45) is 0 Å². The third-order valence-electron chi connectivity index (χ3n) is 7.72. The van der Waals surface area contributed by atoms with Crippen LogP contribution >= 0.6 is 27.5 Å². The summed E-state index contributed by atoms with van der Waals surface area (Å²) in [5.74, 6) is -1.54. The number of nitrogens with zero attached hydrogens (tertiary/aromatic N) is 3. The number of aromatic nitrogens is 2. The first kappa shape index (κ1) is 33.6. The third-order valence-corrected chi connectivity index (χ3v) is 8.95. The van der Waals surface area contributed by atoms with Crippen molar-refractivity contribution >= 4 is 39.3 Å². The first-order chi connectivity index (χ1) is 22.9. The van der Waals surface area contributed by atoms with E-state index in [1.54, 1.807) is 18.2 Å². The Morgan fingerprint density at radius 1 is 1.02 bits per heavy atom. The van der Waals surface area contributed by atoms with Gasteiger partial charge >= 0.3 is 11.9 Å². The molecular formula is C32H26BrClF4N4O6. The molecule has 252 valence electrons. The molecule has 0 unspecified atom stereocenters.